The molecule has 12 heteroatoms. The highest BCUT2D eigenvalue weighted by Crippen LogP contribution is 2.45. The van der Waals surface area contributed by atoms with E-state index >= 15 is 0 Å². The number of carbonyl (C=O) groups is 1. The first-order chi connectivity index (χ1) is 22.9. The second-order valence-corrected chi connectivity index (χ2v) is 16.7. The van der Waals surface area contributed by atoms with E-state index in [1.54, 1.807) is 13.3 Å². The van der Waals surface area contributed by atoms with Crippen molar-refractivity contribution in [2.24, 2.45) is 5.92 Å². The van der Waals surface area contributed by atoms with Crippen molar-refractivity contribution in [3.8, 4) is 0 Å². The number of sulfone groups is 1. The van der Waals surface area contributed by atoms with Crippen LogP contribution < -0.4 is 15.1 Å². The molecule has 0 bridgehead atoms. The lowest BCUT2D eigenvalue weighted by atomic mass is 9.79. The van der Waals surface area contributed by atoms with Crippen molar-refractivity contribution in [1.29, 1.82) is 0 Å². The Bertz CT molecular complexity index is 1770. The quantitative estimate of drug-likeness (QED) is 0.285. The van der Waals surface area contributed by atoms with Crippen molar-refractivity contribution in [2.45, 2.75) is 82.2 Å². The van der Waals surface area contributed by atoms with Gasteiger partial charge >= 0.3 is 0 Å². The number of methoxy groups -OCH3 is 1. The molecule has 5 heterocycles. The van der Waals surface area contributed by atoms with E-state index in [9.17, 15) is 13.2 Å². The minimum absolute atomic E-state index is 0.00839. The number of ether oxygens (including phenoxy) is 1. The molecule has 48 heavy (non-hydrogen) atoms. The monoisotopic (exact) mass is 675 g/mol. The van der Waals surface area contributed by atoms with E-state index in [1.165, 1.54) is 12.3 Å². The summed E-state index contributed by atoms with van der Waals surface area (Å²) in [5.41, 5.74) is 2.08. The van der Waals surface area contributed by atoms with Crippen molar-refractivity contribution < 1.29 is 17.9 Å². The molecule has 3 aliphatic heterocycles. The zero-order valence-electron chi connectivity index (χ0n) is 28.9. The summed E-state index contributed by atoms with van der Waals surface area (Å²) in [5.74, 6) is 1.90. The van der Waals surface area contributed by atoms with Crippen molar-refractivity contribution in [2.75, 3.05) is 54.7 Å². The normalized spacial score (nSPS) is 22.7. The third-order valence-electron chi connectivity index (χ3n) is 11.1. The topological polar surface area (TPSA) is 121 Å². The largest absolute Gasteiger partial charge is 0.381 e. The molecule has 1 aromatic carbocycles. The molecular formula is C36H49N7O4S. The third-order valence-corrected chi connectivity index (χ3v) is 13.3. The van der Waals surface area contributed by atoms with E-state index in [1.807, 2.05) is 31.0 Å². The van der Waals surface area contributed by atoms with Crippen LogP contribution in [0.2, 0.25) is 0 Å². The van der Waals surface area contributed by atoms with Gasteiger partial charge in [-0.15, -0.1) is 0 Å². The maximum Gasteiger partial charge on any atom is 0.246 e. The van der Waals surface area contributed by atoms with Crippen LogP contribution in [0, 0.1) is 5.92 Å². The van der Waals surface area contributed by atoms with E-state index in [4.69, 9.17) is 14.7 Å². The van der Waals surface area contributed by atoms with Crippen LogP contribution in [0.15, 0.2) is 49.3 Å². The summed E-state index contributed by atoms with van der Waals surface area (Å²) in [6.45, 7) is 12.5. The Kier molecular flexibility index (Phi) is 9.68. The van der Waals surface area contributed by atoms with Gasteiger partial charge in [-0.2, -0.15) is 4.98 Å². The van der Waals surface area contributed by atoms with Crippen LogP contribution in [0.5, 0.6) is 0 Å². The molecule has 258 valence electrons. The van der Waals surface area contributed by atoms with Crippen molar-refractivity contribution in [1.82, 2.24) is 19.9 Å². The number of rotatable bonds is 9. The number of piperidine rings is 1. The highest BCUT2D eigenvalue weighted by Gasteiger charge is 2.50. The number of hydrogen-bond donors (Lipinski definition) is 1. The van der Waals surface area contributed by atoms with Crippen LogP contribution in [0.3, 0.4) is 0 Å². The second kappa shape index (κ2) is 13.6. The van der Waals surface area contributed by atoms with Gasteiger partial charge in [-0.1, -0.05) is 25.5 Å². The molecule has 11 nitrogen and oxygen atoms in total. The summed E-state index contributed by atoms with van der Waals surface area (Å²) in [4.78, 5) is 33.8. The highest BCUT2D eigenvalue weighted by molar-refractivity contribution is 7.92. The molecule has 6 rings (SSSR count). The fourth-order valence-corrected chi connectivity index (χ4v) is 8.49. The first-order valence-corrected chi connectivity index (χ1v) is 19.0. The van der Waals surface area contributed by atoms with Crippen molar-refractivity contribution in [3.63, 3.8) is 0 Å². The van der Waals surface area contributed by atoms with Gasteiger partial charge in [0, 0.05) is 75.0 Å². The number of pyridine rings is 1. The lowest BCUT2D eigenvalue weighted by Crippen LogP contribution is -2.64. The van der Waals surface area contributed by atoms with Gasteiger partial charge in [-0.3, -0.25) is 4.79 Å². The first kappa shape index (κ1) is 34.1. The molecule has 0 radical (unpaired) electrons. The zero-order chi connectivity index (χ0) is 34.2. The number of likely N-dealkylation sites (tertiary alicyclic amines) is 1. The summed E-state index contributed by atoms with van der Waals surface area (Å²) in [7, 11) is -1.48. The maximum absolute atomic E-state index is 13.1. The zero-order valence-corrected chi connectivity index (χ0v) is 29.7. The van der Waals surface area contributed by atoms with Crippen LogP contribution in [0.4, 0.5) is 23.3 Å². The number of hydrogen-bond acceptors (Lipinski definition) is 10. The Labute approximate surface area is 284 Å². The smallest absolute Gasteiger partial charge is 0.246 e. The molecule has 0 spiro atoms. The fourth-order valence-electron chi connectivity index (χ4n) is 7.67. The average molecular weight is 676 g/mol. The lowest BCUT2D eigenvalue weighted by molar-refractivity contribution is -0.128. The summed E-state index contributed by atoms with van der Waals surface area (Å²) >= 11 is 0. The van der Waals surface area contributed by atoms with Crippen LogP contribution >= 0.6 is 0 Å². The fraction of sp³-hybridized carbons (Fsp3) is 0.556. The number of nitrogens with zero attached hydrogens (tertiary/aromatic N) is 6. The number of anilines is 4. The maximum atomic E-state index is 13.1. The van der Waals surface area contributed by atoms with E-state index in [0.29, 0.717) is 30.7 Å². The molecule has 3 saturated heterocycles. The number of aromatic nitrogens is 3. The Morgan fingerprint density at radius 2 is 1.81 bits per heavy atom. The standard InChI is InChI=1S/C36H49N7O4S/c1-7-34(44)42-18-10-8-9-11-30(42)26-12-13-31(43-23-29(24(43)2)36(3,4)48(6,45)46)28-22-38-33(21-27(26)28)39-32-14-17-37-35(40-32)41-19-15-25(47-5)16-20-41/h7,12-14,17,21-22,24-25,29-30H,1,8-11,15-16,18-20,23H2,2-6H3,(H,37,38,39,40)/t24-,29+,30+/m1/s1. The second-order valence-electron chi connectivity index (χ2n) is 14.1. The lowest BCUT2D eigenvalue weighted by Gasteiger charge is -2.54. The summed E-state index contributed by atoms with van der Waals surface area (Å²) in [6, 6.07) is 8.09. The van der Waals surface area contributed by atoms with Crippen LogP contribution in [-0.4, -0.2) is 90.6 Å². The molecule has 1 amide bonds. The van der Waals surface area contributed by atoms with Gasteiger partial charge < -0.3 is 24.8 Å². The number of benzene rings is 1. The van der Waals surface area contributed by atoms with Crippen LogP contribution in [-0.2, 0) is 19.4 Å². The molecular weight excluding hydrogens is 627 g/mol. The average Bonchev–Trinajstić information content (AvgIpc) is 3.33. The van der Waals surface area contributed by atoms with Crippen LogP contribution in [0.1, 0.15) is 70.9 Å². The molecule has 0 aliphatic carbocycles. The van der Waals surface area contributed by atoms with E-state index in [-0.39, 0.29) is 30.0 Å². The Hall–Kier alpha value is -3.77. The Morgan fingerprint density at radius 3 is 2.50 bits per heavy atom. The molecule has 3 aliphatic rings. The predicted octanol–water partition coefficient (Wildman–Crippen LogP) is 5.66. The van der Waals surface area contributed by atoms with Crippen molar-refractivity contribution in [3.05, 3.63) is 54.9 Å². The molecule has 0 saturated carbocycles. The van der Waals surface area contributed by atoms with Gasteiger partial charge in [-0.25, -0.2) is 18.4 Å². The van der Waals surface area contributed by atoms with E-state index in [0.717, 1.165) is 73.6 Å². The SMILES string of the molecule is C=CC(=O)N1CCCCC[C@H]1c1ccc(N2C[C@H](C(C)(C)S(C)(=O)=O)[C@H]2C)c2cnc(Nc3ccnc(N4CCC(OC)CC4)n3)cc12. The van der Waals surface area contributed by atoms with E-state index in [2.05, 4.69) is 51.8 Å². The molecule has 2 aromatic heterocycles. The summed E-state index contributed by atoms with van der Waals surface area (Å²) in [6.07, 6.45) is 12.5. The third kappa shape index (κ3) is 6.48. The van der Waals surface area contributed by atoms with E-state index < -0.39 is 14.6 Å². The Morgan fingerprint density at radius 1 is 1.04 bits per heavy atom. The van der Waals surface area contributed by atoms with Gasteiger partial charge in [0.25, 0.3) is 0 Å². The molecule has 3 atom stereocenters. The van der Waals surface area contributed by atoms with Gasteiger partial charge in [0.15, 0.2) is 9.84 Å². The number of nitrogens with one attached hydrogen (secondary N) is 1. The predicted molar refractivity (Wildman–Crippen MR) is 192 cm³/mol. The molecule has 3 aromatic rings. The number of amides is 1. The summed E-state index contributed by atoms with van der Waals surface area (Å²) < 4.78 is 30.1. The van der Waals surface area contributed by atoms with Gasteiger partial charge in [0.1, 0.15) is 11.6 Å². The number of fused-ring (bicyclic) bond motifs is 1. The van der Waals surface area contributed by atoms with Crippen molar-refractivity contribution >= 4 is 49.8 Å². The van der Waals surface area contributed by atoms with Gasteiger partial charge in [-0.05, 0) is 81.7 Å². The minimum atomic E-state index is -3.25. The number of carbonyl (C=O) groups excluding carboxylic acids is 1. The van der Waals surface area contributed by atoms with Gasteiger partial charge in [0.2, 0.25) is 11.9 Å². The minimum Gasteiger partial charge on any atom is -0.381 e. The molecule has 3 fully saturated rings. The highest BCUT2D eigenvalue weighted by atomic mass is 32.2. The van der Waals surface area contributed by atoms with Crippen LogP contribution in [0.25, 0.3) is 10.8 Å². The van der Waals surface area contributed by atoms with Gasteiger partial charge in [0.05, 0.1) is 16.9 Å². The summed E-state index contributed by atoms with van der Waals surface area (Å²) in [5, 5.41) is 5.40. The Balaban J connectivity index is 1.37. The first-order valence-electron chi connectivity index (χ1n) is 17.1. The molecule has 1 N–H and O–H groups in total. The molecule has 0 unspecified atom stereocenters.